The van der Waals surface area contributed by atoms with E-state index in [1.807, 2.05) is 13.8 Å². The van der Waals surface area contributed by atoms with Crippen LogP contribution in [0.4, 0.5) is 0 Å². The third-order valence-electron chi connectivity index (χ3n) is 4.92. The Morgan fingerprint density at radius 1 is 0.731 bits per heavy atom. The molecule has 2 unspecified atom stereocenters. The molecule has 0 radical (unpaired) electrons. The van der Waals surface area contributed by atoms with Crippen LogP contribution in [0.25, 0.3) is 0 Å². The van der Waals surface area contributed by atoms with Gasteiger partial charge in [0, 0.05) is 5.25 Å². The van der Waals surface area contributed by atoms with Crippen molar-refractivity contribution < 1.29 is 47.6 Å². The molecule has 152 valence electrons. The average molecular weight is 401 g/mol. The number of hydrogen-bond donors (Lipinski definition) is 1. The second-order valence-electron chi connectivity index (χ2n) is 7.57. The average Bonchev–Trinajstić information content (AvgIpc) is 2.52. The first-order valence-corrected chi connectivity index (χ1v) is 12.0. The Kier molecular flexibility index (Phi) is 21.5. The second kappa shape index (κ2) is 19.2. The van der Waals surface area contributed by atoms with Crippen LogP contribution in [-0.4, -0.2) is 29.4 Å². The fourth-order valence-electron chi connectivity index (χ4n) is 3.33. The number of unbranched alkanes of at least 4 members (excludes halogenated alkanes) is 11. The Morgan fingerprint density at radius 2 is 1.08 bits per heavy atom. The fourth-order valence-corrected chi connectivity index (χ4v) is 4.31. The molecule has 0 saturated heterocycles. The predicted molar refractivity (Wildman–Crippen MR) is 105 cm³/mol. The zero-order valence-electron chi connectivity index (χ0n) is 17.5. The molecule has 6 heteroatoms. The van der Waals surface area contributed by atoms with E-state index in [1.165, 1.54) is 51.4 Å². The van der Waals surface area contributed by atoms with E-state index in [0.29, 0.717) is 12.8 Å². The fraction of sp³-hybridized carbons (Fsp3) is 1.00. The summed E-state index contributed by atoms with van der Waals surface area (Å²) in [6, 6.07) is 0. The molecule has 0 rings (SSSR count). The van der Waals surface area contributed by atoms with E-state index < -0.39 is 15.4 Å². The van der Waals surface area contributed by atoms with Crippen molar-refractivity contribution in [2.75, 3.05) is 0 Å². The van der Waals surface area contributed by atoms with Crippen molar-refractivity contribution in [3.63, 3.8) is 0 Å². The van der Waals surface area contributed by atoms with Crippen molar-refractivity contribution in [3.05, 3.63) is 0 Å². The molecule has 0 spiro atoms. The van der Waals surface area contributed by atoms with Gasteiger partial charge in [-0.25, -0.2) is 8.42 Å². The van der Waals surface area contributed by atoms with Crippen LogP contribution < -0.4 is 29.6 Å². The Morgan fingerprint density at radius 3 is 1.38 bits per heavy atom. The standard InChI is InChI=1S/C20H42O4S.Na/c1-3-16-20(25(22,23)24)18-15-13-11-9-7-5-4-6-8-10-12-14-17-19(2)21;/h19-21H,3-18H2,1-2H3,(H,22,23,24);/q;+1/p-1. The Bertz CT molecular complexity index is 385. The summed E-state index contributed by atoms with van der Waals surface area (Å²) in [5, 5.41) is 8.51. The van der Waals surface area contributed by atoms with Gasteiger partial charge in [-0.3, -0.25) is 0 Å². The molecule has 0 bridgehead atoms. The van der Waals surface area contributed by atoms with Crippen molar-refractivity contribution in [3.8, 4) is 0 Å². The molecule has 0 aliphatic carbocycles. The van der Waals surface area contributed by atoms with E-state index in [4.69, 9.17) is 0 Å². The van der Waals surface area contributed by atoms with Gasteiger partial charge in [0.25, 0.3) is 0 Å². The van der Waals surface area contributed by atoms with Crippen molar-refractivity contribution >= 4 is 10.1 Å². The first-order chi connectivity index (χ1) is 11.9. The van der Waals surface area contributed by atoms with E-state index in [2.05, 4.69) is 0 Å². The molecule has 0 aromatic carbocycles. The molecular weight excluding hydrogens is 359 g/mol. The quantitative estimate of drug-likeness (QED) is 0.218. The van der Waals surface area contributed by atoms with E-state index in [0.717, 1.165) is 38.5 Å². The number of rotatable bonds is 18. The summed E-state index contributed by atoms with van der Waals surface area (Å²) in [6.07, 6.45) is 17.0. The summed E-state index contributed by atoms with van der Waals surface area (Å²) >= 11 is 0. The van der Waals surface area contributed by atoms with Gasteiger partial charge in [-0.2, -0.15) is 0 Å². The van der Waals surface area contributed by atoms with Crippen molar-refractivity contribution in [1.82, 2.24) is 0 Å². The molecule has 0 heterocycles. The van der Waals surface area contributed by atoms with Gasteiger partial charge in [-0.05, 0) is 26.2 Å². The van der Waals surface area contributed by atoms with Gasteiger partial charge in [0.15, 0.2) is 0 Å². The van der Waals surface area contributed by atoms with Crippen molar-refractivity contribution in [1.29, 1.82) is 0 Å². The van der Waals surface area contributed by atoms with Crippen LogP contribution in [0.15, 0.2) is 0 Å². The van der Waals surface area contributed by atoms with Gasteiger partial charge >= 0.3 is 29.6 Å². The first-order valence-electron chi connectivity index (χ1n) is 10.5. The monoisotopic (exact) mass is 400 g/mol. The maximum atomic E-state index is 11.1. The molecule has 2 atom stereocenters. The van der Waals surface area contributed by atoms with E-state index >= 15 is 0 Å². The van der Waals surface area contributed by atoms with Gasteiger partial charge < -0.3 is 9.66 Å². The Labute approximate surface area is 185 Å². The molecule has 0 aliphatic heterocycles. The maximum absolute atomic E-state index is 11.1. The van der Waals surface area contributed by atoms with Gasteiger partial charge in [-0.15, -0.1) is 0 Å². The summed E-state index contributed by atoms with van der Waals surface area (Å²) in [5.74, 6) is 0. The van der Waals surface area contributed by atoms with Gasteiger partial charge in [0.1, 0.15) is 0 Å². The van der Waals surface area contributed by atoms with E-state index in [9.17, 15) is 18.1 Å². The minimum atomic E-state index is -4.11. The van der Waals surface area contributed by atoms with Crippen LogP contribution in [0.3, 0.4) is 0 Å². The molecule has 0 aliphatic rings. The van der Waals surface area contributed by atoms with Gasteiger partial charge in [-0.1, -0.05) is 90.4 Å². The largest absolute Gasteiger partial charge is 1.00 e. The van der Waals surface area contributed by atoms with Crippen LogP contribution in [0.1, 0.15) is 117 Å². The number of hydrogen-bond acceptors (Lipinski definition) is 4. The van der Waals surface area contributed by atoms with Gasteiger partial charge in [0.2, 0.25) is 0 Å². The summed E-state index contributed by atoms with van der Waals surface area (Å²) < 4.78 is 33.4. The first kappa shape index (κ1) is 29.1. The van der Waals surface area contributed by atoms with Crippen molar-refractivity contribution in [2.45, 2.75) is 128 Å². The zero-order valence-corrected chi connectivity index (χ0v) is 20.4. The van der Waals surface area contributed by atoms with Crippen LogP contribution >= 0.6 is 0 Å². The molecule has 0 fully saturated rings. The summed E-state index contributed by atoms with van der Waals surface area (Å²) in [4.78, 5) is 0. The number of aliphatic hydroxyl groups excluding tert-OH is 1. The van der Waals surface area contributed by atoms with E-state index in [1.54, 1.807) is 0 Å². The van der Waals surface area contributed by atoms with Crippen LogP contribution in [-0.2, 0) is 10.1 Å². The SMILES string of the molecule is CCCC(CCCCCCCCCCCCCCC(C)O)S(=O)(=O)[O-].[Na+]. The normalized spacial score (nSPS) is 14.0. The smallest absolute Gasteiger partial charge is 0.748 e. The minimum absolute atomic E-state index is 0. The molecule has 0 amide bonds. The summed E-state index contributed by atoms with van der Waals surface area (Å²) in [6.45, 7) is 3.78. The predicted octanol–water partition coefficient (Wildman–Crippen LogP) is 2.55. The Hall–Kier alpha value is 0.870. The molecule has 26 heavy (non-hydrogen) atoms. The number of aliphatic hydroxyl groups is 1. The van der Waals surface area contributed by atoms with Crippen LogP contribution in [0.5, 0.6) is 0 Å². The molecule has 0 aromatic rings. The topological polar surface area (TPSA) is 77.4 Å². The minimum Gasteiger partial charge on any atom is -0.748 e. The molecule has 0 saturated carbocycles. The third-order valence-corrected chi connectivity index (χ3v) is 6.20. The van der Waals surface area contributed by atoms with Gasteiger partial charge in [0.05, 0.1) is 16.2 Å². The molecule has 1 N–H and O–H groups in total. The van der Waals surface area contributed by atoms with Crippen LogP contribution in [0.2, 0.25) is 0 Å². The Balaban J connectivity index is 0. The molecular formula is C20H41NaO4S. The second-order valence-corrected chi connectivity index (χ2v) is 9.22. The van der Waals surface area contributed by atoms with Crippen LogP contribution in [0, 0.1) is 0 Å². The zero-order chi connectivity index (χ0) is 19.0. The van der Waals surface area contributed by atoms with Crippen molar-refractivity contribution in [2.24, 2.45) is 0 Å². The third kappa shape index (κ3) is 19.6. The molecule has 0 aromatic heterocycles. The maximum Gasteiger partial charge on any atom is 1.00 e. The molecule has 4 nitrogen and oxygen atoms in total. The summed E-state index contributed by atoms with van der Waals surface area (Å²) in [5.41, 5.74) is 0. The van der Waals surface area contributed by atoms with E-state index in [-0.39, 0.29) is 35.7 Å². The summed E-state index contributed by atoms with van der Waals surface area (Å²) in [7, 11) is -4.11.